The number of para-hydroxylation sites is 1. The maximum absolute atomic E-state index is 12.0. The van der Waals surface area contributed by atoms with Crippen LogP contribution in [0.4, 0.5) is 5.69 Å². The number of nitrogens with one attached hydrogen (secondary N) is 1. The van der Waals surface area contributed by atoms with E-state index in [9.17, 15) is 4.79 Å². The quantitative estimate of drug-likeness (QED) is 0.404. The van der Waals surface area contributed by atoms with Gasteiger partial charge >= 0.3 is 0 Å². The molecular formula is C19H16ClN3O3. The molecule has 3 N–H and O–H groups in total. The fourth-order valence-electron chi connectivity index (χ4n) is 2.32. The lowest BCUT2D eigenvalue weighted by atomic mass is 10.2. The summed E-state index contributed by atoms with van der Waals surface area (Å²) in [5.41, 5.74) is 9.72. The molecule has 0 aliphatic rings. The van der Waals surface area contributed by atoms with Gasteiger partial charge in [-0.15, -0.1) is 0 Å². The highest BCUT2D eigenvalue weighted by molar-refractivity contribution is 6.32. The van der Waals surface area contributed by atoms with Gasteiger partial charge in [0.05, 0.1) is 23.9 Å². The lowest BCUT2D eigenvalue weighted by Crippen LogP contribution is -2.18. The zero-order chi connectivity index (χ0) is 18.5. The van der Waals surface area contributed by atoms with Crippen LogP contribution in [0.15, 0.2) is 64.1 Å². The molecule has 1 amide bonds. The molecular weight excluding hydrogens is 354 g/mol. The van der Waals surface area contributed by atoms with Crippen molar-refractivity contribution in [3.05, 3.63) is 70.9 Å². The molecule has 1 heterocycles. The van der Waals surface area contributed by atoms with Crippen LogP contribution in [-0.4, -0.2) is 19.2 Å². The number of benzene rings is 2. The maximum atomic E-state index is 12.0. The van der Waals surface area contributed by atoms with E-state index in [4.69, 9.17) is 26.5 Å². The minimum Gasteiger partial charge on any atom is -0.495 e. The standard InChI is InChI=1S/C19H16ClN3O3/c1-25-18-8-6-12(10-15(18)20)17-9-7-13(26-17)11-22-23-19(24)14-4-2-3-5-16(14)21/h2-11H,21H2,1H3,(H,23,24). The summed E-state index contributed by atoms with van der Waals surface area (Å²) in [6, 6.07) is 15.6. The predicted octanol–water partition coefficient (Wildman–Crippen LogP) is 3.95. The van der Waals surface area contributed by atoms with Gasteiger partial charge in [-0.1, -0.05) is 23.7 Å². The lowest BCUT2D eigenvalue weighted by molar-refractivity contribution is 0.0956. The van der Waals surface area contributed by atoms with Crippen molar-refractivity contribution in [1.82, 2.24) is 5.43 Å². The number of rotatable bonds is 5. The number of carbonyl (C=O) groups excluding carboxylic acids is 1. The first kappa shape index (κ1) is 17.6. The lowest BCUT2D eigenvalue weighted by Gasteiger charge is -2.04. The summed E-state index contributed by atoms with van der Waals surface area (Å²) < 4.78 is 10.8. The second-order valence-corrected chi connectivity index (χ2v) is 5.74. The first-order chi connectivity index (χ1) is 12.6. The topological polar surface area (TPSA) is 89.8 Å². The van der Waals surface area contributed by atoms with Gasteiger partial charge in [0.1, 0.15) is 17.3 Å². The maximum Gasteiger partial charge on any atom is 0.273 e. The van der Waals surface area contributed by atoms with Gasteiger partial charge in [0.25, 0.3) is 5.91 Å². The van der Waals surface area contributed by atoms with Crippen molar-refractivity contribution in [2.24, 2.45) is 5.10 Å². The van der Waals surface area contributed by atoms with Gasteiger partial charge in [-0.2, -0.15) is 5.10 Å². The number of anilines is 1. The van der Waals surface area contributed by atoms with Gasteiger partial charge in [0, 0.05) is 11.3 Å². The number of carbonyl (C=O) groups is 1. The van der Waals surface area contributed by atoms with Crippen molar-refractivity contribution in [2.45, 2.75) is 0 Å². The van der Waals surface area contributed by atoms with Crippen LogP contribution in [0.2, 0.25) is 5.02 Å². The van der Waals surface area contributed by atoms with Crippen LogP contribution in [-0.2, 0) is 0 Å². The van der Waals surface area contributed by atoms with E-state index in [1.807, 2.05) is 6.07 Å². The van der Waals surface area contributed by atoms with Crippen LogP contribution in [0.25, 0.3) is 11.3 Å². The molecule has 2 aromatic carbocycles. The molecule has 0 aliphatic carbocycles. The number of nitrogens with zero attached hydrogens (tertiary/aromatic N) is 1. The highest BCUT2D eigenvalue weighted by Gasteiger charge is 2.09. The Morgan fingerprint density at radius 1 is 1.23 bits per heavy atom. The monoisotopic (exact) mass is 369 g/mol. The third-order valence-electron chi connectivity index (χ3n) is 3.63. The van der Waals surface area contributed by atoms with Crippen LogP contribution >= 0.6 is 11.6 Å². The van der Waals surface area contributed by atoms with Gasteiger partial charge in [0.15, 0.2) is 0 Å². The number of hydrazone groups is 1. The number of furan rings is 1. The van der Waals surface area contributed by atoms with Crippen molar-refractivity contribution < 1.29 is 13.9 Å². The summed E-state index contributed by atoms with van der Waals surface area (Å²) in [6.07, 6.45) is 1.41. The molecule has 26 heavy (non-hydrogen) atoms. The molecule has 0 saturated carbocycles. The van der Waals surface area contributed by atoms with E-state index in [2.05, 4.69) is 10.5 Å². The van der Waals surface area contributed by atoms with E-state index in [0.29, 0.717) is 33.5 Å². The fourth-order valence-corrected chi connectivity index (χ4v) is 2.57. The Balaban J connectivity index is 1.68. The van der Waals surface area contributed by atoms with Crippen LogP contribution < -0.4 is 15.9 Å². The molecule has 7 heteroatoms. The molecule has 0 unspecified atom stereocenters. The van der Waals surface area contributed by atoms with Crippen molar-refractivity contribution in [3.8, 4) is 17.1 Å². The van der Waals surface area contributed by atoms with E-state index in [1.54, 1.807) is 55.6 Å². The highest BCUT2D eigenvalue weighted by Crippen LogP contribution is 2.30. The number of amides is 1. The molecule has 1 aromatic heterocycles. The molecule has 0 saturated heterocycles. The molecule has 3 aromatic rings. The summed E-state index contributed by atoms with van der Waals surface area (Å²) in [4.78, 5) is 12.0. The Labute approximate surface area is 155 Å². The fraction of sp³-hybridized carbons (Fsp3) is 0.0526. The van der Waals surface area contributed by atoms with E-state index in [0.717, 1.165) is 5.56 Å². The van der Waals surface area contributed by atoms with E-state index in [1.165, 1.54) is 6.21 Å². The van der Waals surface area contributed by atoms with Gasteiger partial charge in [-0.05, 0) is 42.5 Å². The normalized spacial score (nSPS) is 10.8. The minimum atomic E-state index is -0.395. The van der Waals surface area contributed by atoms with Gasteiger partial charge in [0.2, 0.25) is 0 Å². The molecule has 3 rings (SSSR count). The number of methoxy groups -OCH3 is 1. The summed E-state index contributed by atoms with van der Waals surface area (Å²) in [5.74, 6) is 1.29. The van der Waals surface area contributed by atoms with Crippen molar-refractivity contribution in [1.29, 1.82) is 0 Å². The largest absolute Gasteiger partial charge is 0.495 e. The average molecular weight is 370 g/mol. The third kappa shape index (κ3) is 3.87. The zero-order valence-corrected chi connectivity index (χ0v) is 14.7. The number of hydrogen-bond donors (Lipinski definition) is 2. The molecule has 6 nitrogen and oxygen atoms in total. The molecule has 0 aliphatic heterocycles. The third-order valence-corrected chi connectivity index (χ3v) is 3.92. The predicted molar refractivity (Wildman–Crippen MR) is 102 cm³/mol. The summed E-state index contributed by atoms with van der Waals surface area (Å²) >= 11 is 6.12. The number of hydrogen-bond acceptors (Lipinski definition) is 5. The van der Waals surface area contributed by atoms with E-state index < -0.39 is 5.91 Å². The Kier molecular flexibility index (Phi) is 5.24. The molecule has 0 radical (unpaired) electrons. The number of nitrogens with two attached hydrogens (primary N) is 1. The molecule has 0 atom stereocenters. The first-order valence-electron chi connectivity index (χ1n) is 7.70. The number of ether oxygens (including phenoxy) is 1. The summed E-state index contributed by atoms with van der Waals surface area (Å²) in [5, 5.41) is 4.38. The Hall–Kier alpha value is -3.25. The van der Waals surface area contributed by atoms with Gasteiger partial charge < -0.3 is 14.9 Å². The minimum absolute atomic E-state index is 0.359. The van der Waals surface area contributed by atoms with Crippen LogP contribution in [0.3, 0.4) is 0 Å². The Bertz CT molecular complexity index is 966. The summed E-state index contributed by atoms with van der Waals surface area (Å²) in [7, 11) is 1.56. The number of halogens is 1. The summed E-state index contributed by atoms with van der Waals surface area (Å²) in [6.45, 7) is 0. The Morgan fingerprint density at radius 2 is 2.04 bits per heavy atom. The van der Waals surface area contributed by atoms with Crippen LogP contribution in [0.1, 0.15) is 16.1 Å². The van der Waals surface area contributed by atoms with Crippen molar-refractivity contribution in [2.75, 3.05) is 12.8 Å². The molecule has 0 fully saturated rings. The zero-order valence-electron chi connectivity index (χ0n) is 13.9. The highest BCUT2D eigenvalue weighted by atomic mass is 35.5. The Morgan fingerprint density at radius 3 is 2.77 bits per heavy atom. The van der Waals surface area contributed by atoms with E-state index >= 15 is 0 Å². The number of nitrogen functional groups attached to an aromatic ring is 1. The SMILES string of the molecule is COc1ccc(-c2ccc(C=NNC(=O)c3ccccc3N)o2)cc1Cl. The van der Waals surface area contributed by atoms with Gasteiger partial charge in [-0.3, -0.25) is 4.79 Å². The first-order valence-corrected chi connectivity index (χ1v) is 8.08. The second-order valence-electron chi connectivity index (χ2n) is 5.34. The van der Waals surface area contributed by atoms with Gasteiger partial charge in [-0.25, -0.2) is 5.43 Å². The van der Waals surface area contributed by atoms with Crippen LogP contribution in [0, 0.1) is 0 Å². The smallest absolute Gasteiger partial charge is 0.273 e. The van der Waals surface area contributed by atoms with Crippen molar-refractivity contribution in [3.63, 3.8) is 0 Å². The molecule has 0 bridgehead atoms. The second kappa shape index (κ2) is 7.76. The van der Waals surface area contributed by atoms with Crippen LogP contribution in [0.5, 0.6) is 5.75 Å². The average Bonchev–Trinajstić information content (AvgIpc) is 3.11. The molecule has 0 spiro atoms. The molecule has 132 valence electrons. The van der Waals surface area contributed by atoms with Crippen molar-refractivity contribution >= 4 is 29.4 Å². The van der Waals surface area contributed by atoms with E-state index in [-0.39, 0.29) is 0 Å².